The smallest absolute Gasteiger partial charge is 0.0341 e. The summed E-state index contributed by atoms with van der Waals surface area (Å²) in [5.41, 5.74) is 2.64. The lowest BCUT2D eigenvalue weighted by molar-refractivity contribution is -0.268. The van der Waals surface area contributed by atoms with E-state index in [1.165, 1.54) is 0 Å². The van der Waals surface area contributed by atoms with Crippen LogP contribution >= 0.6 is 15.9 Å². The molecule has 0 aromatic heterocycles. The summed E-state index contributed by atoms with van der Waals surface area (Å²) in [5, 5.41) is 15.0. The highest BCUT2D eigenvalue weighted by atomic mass is 79.9. The highest BCUT2D eigenvalue weighted by Gasteiger charge is 2.08. The molecule has 1 rings (SSSR count). The zero-order valence-corrected chi connectivity index (χ0v) is 11.9. The number of hydrogen-bond acceptors (Lipinski definition) is 2. The second kappa shape index (κ2) is 5.58. The lowest BCUT2D eigenvalue weighted by atomic mass is 10.1. The first-order valence-corrected chi connectivity index (χ1v) is 6.49. The molecule has 1 N–H and O–H groups in total. The zero-order valence-electron chi connectivity index (χ0n) is 10.3. The van der Waals surface area contributed by atoms with Crippen molar-refractivity contribution in [2.75, 3.05) is 11.9 Å². The molecule has 0 aliphatic heterocycles. The molecule has 0 saturated carbocycles. The maximum atomic E-state index is 11.8. The summed E-state index contributed by atoms with van der Waals surface area (Å²) in [7, 11) is 0. The van der Waals surface area contributed by atoms with Gasteiger partial charge in [-0.2, -0.15) is 0 Å². The molecule has 0 spiro atoms. The van der Waals surface area contributed by atoms with Crippen LogP contribution in [0.1, 0.15) is 25.0 Å². The van der Waals surface area contributed by atoms with E-state index >= 15 is 0 Å². The maximum Gasteiger partial charge on any atom is 0.0341 e. The largest absolute Gasteiger partial charge is 0.871 e. The van der Waals surface area contributed by atoms with Gasteiger partial charge in [-0.1, -0.05) is 47.2 Å². The van der Waals surface area contributed by atoms with E-state index in [0.717, 1.165) is 17.7 Å². The van der Waals surface area contributed by atoms with E-state index < -0.39 is 0 Å². The molecule has 0 amide bonds. The third kappa shape index (κ3) is 3.41. The maximum absolute atomic E-state index is 11.8. The third-order valence-corrected chi connectivity index (χ3v) is 4.01. The fourth-order valence-corrected chi connectivity index (χ4v) is 1.69. The summed E-state index contributed by atoms with van der Waals surface area (Å²) in [6.07, 6.45) is 0. The van der Waals surface area contributed by atoms with Crippen molar-refractivity contribution in [1.82, 2.24) is 0 Å². The Kier molecular flexibility index (Phi) is 4.66. The Balaban J connectivity index is 2.74. The predicted molar refractivity (Wildman–Crippen MR) is 71.4 cm³/mol. The molecule has 2 nitrogen and oxygen atoms in total. The molecule has 1 atom stereocenters. The molecular weight excluding hydrogens is 266 g/mol. The van der Waals surface area contributed by atoms with Crippen molar-refractivity contribution < 1.29 is 5.11 Å². The number of anilines is 1. The highest BCUT2D eigenvalue weighted by molar-refractivity contribution is 9.09. The molecule has 90 valence electrons. The monoisotopic (exact) mass is 284 g/mol. The van der Waals surface area contributed by atoms with Gasteiger partial charge in [0.05, 0.1) is 0 Å². The van der Waals surface area contributed by atoms with Gasteiger partial charge in [-0.15, -0.1) is 0 Å². The molecule has 0 aliphatic rings. The average molecular weight is 285 g/mol. The van der Waals surface area contributed by atoms with Crippen molar-refractivity contribution in [2.45, 2.75) is 32.5 Å². The lowest BCUT2D eigenvalue weighted by Gasteiger charge is -2.21. The number of nitrogens with one attached hydrogen (secondary N) is 1. The lowest BCUT2D eigenvalue weighted by Crippen LogP contribution is -2.19. The Morgan fingerprint density at radius 3 is 2.50 bits per heavy atom. The second-order valence-electron chi connectivity index (χ2n) is 4.60. The third-order valence-electron chi connectivity index (χ3n) is 2.63. The Morgan fingerprint density at radius 2 is 1.94 bits per heavy atom. The number of hydrogen-bond donors (Lipinski definition) is 1. The molecular formula is C13H19BrNO-. The summed E-state index contributed by atoms with van der Waals surface area (Å²) in [5.74, 6) is 0.655. The van der Waals surface area contributed by atoms with E-state index in [2.05, 4.69) is 35.1 Å². The minimum atomic E-state index is 0.106. The fourth-order valence-electron chi connectivity index (χ4n) is 1.53. The van der Waals surface area contributed by atoms with Crippen LogP contribution < -0.4 is 10.4 Å². The van der Waals surface area contributed by atoms with E-state index in [4.69, 9.17) is 0 Å². The minimum Gasteiger partial charge on any atom is -0.871 e. The van der Waals surface area contributed by atoms with Crippen molar-refractivity contribution in [3.8, 4) is 5.75 Å². The predicted octanol–water partition coefficient (Wildman–Crippen LogP) is 3.21. The summed E-state index contributed by atoms with van der Waals surface area (Å²) < 4.78 is 0. The minimum absolute atomic E-state index is 0.106. The zero-order chi connectivity index (χ0) is 12.3. The molecule has 1 aromatic carbocycles. The van der Waals surface area contributed by atoms with Crippen LogP contribution in [0.4, 0.5) is 5.69 Å². The first-order chi connectivity index (χ1) is 7.41. The number of aryl methyl sites for hydroxylation is 2. The average Bonchev–Trinajstić information content (AvgIpc) is 2.20. The summed E-state index contributed by atoms with van der Waals surface area (Å²) in [6.45, 7) is 8.94. The number of alkyl halides is 1. The van der Waals surface area contributed by atoms with Crippen LogP contribution in [0.25, 0.3) is 0 Å². The van der Waals surface area contributed by atoms with Crippen LogP contribution in [-0.2, 0) is 0 Å². The molecule has 0 fully saturated rings. The molecule has 1 aromatic rings. The number of benzene rings is 1. The highest BCUT2D eigenvalue weighted by Crippen LogP contribution is 2.26. The number of rotatable bonds is 4. The molecule has 0 saturated heterocycles. The van der Waals surface area contributed by atoms with Gasteiger partial charge in [0.15, 0.2) is 0 Å². The van der Waals surface area contributed by atoms with Gasteiger partial charge in [0, 0.05) is 17.1 Å². The van der Waals surface area contributed by atoms with Gasteiger partial charge >= 0.3 is 0 Å². The SMILES string of the molecule is Cc1cc(C)c([O-])c(NC[C@@H](Br)C(C)C)c1. The van der Waals surface area contributed by atoms with Gasteiger partial charge in [-0.05, 0) is 31.4 Å². The quantitative estimate of drug-likeness (QED) is 0.862. The Hall–Kier alpha value is -0.700. The topological polar surface area (TPSA) is 35.1 Å². The fraction of sp³-hybridized carbons (Fsp3) is 0.538. The second-order valence-corrected chi connectivity index (χ2v) is 5.78. The summed E-state index contributed by atoms with van der Waals surface area (Å²) in [4.78, 5) is 0.382. The van der Waals surface area contributed by atoms with Crippen LogP contribution in [0.15, 0.2) is 12.1 Å². The Morgan fingerprint density at radius 1 is 1.31 bits per heavy atom. The van der Waals surface area contributed by atoms with Crippen LogP contribution in [0.5, 0.6) is 5.75 Å². The van der Waals surface area contributed by atoms with Crippen LogP contribution in [-0.4, -0.2) is 11.4 Å². The first-order valence-electron chi connectivity index (χ1n) is 5.58. The van der Waals surface area contributed by atoms with E-state index in [9.17, 15) is 5.11 Å². The van der Waals surface area contributed by atoms with E-state index in [0.29, 0.717) is 16.4 Å². The van der Waals surface area contributed by atoms with Crippen molar-refractivity contribution in [2.24, 2.45) is 5.92 Å². The van der Waals surface area contributed by atoms with Gasteiger partial charge < -0.3 is 10.4 Å². The van der Waals surface area contributed by atoms with Crippen molar-refractivity contribution in [3.63, 3.8) is 0 Å². The van der Waals surface area contributed by atoms with Crippen LogP contribution in [0.2, 0.25) is 0 Å². The Bertz CT molecular complexity index is 363. The standard InChI is InChI=1S/C13H20BrNO/c1-8(2)11(14)7-15-12-6-9(3)5-10(4)13(12)16/h5-6,8,11,15-16H,7H2,1-4H3/p-1/t11-/m1/s1. The summed E-state index contributed by atoms with van der Waals surface area (Å²) in [6, 6.07) is 3.83. The van der Waals surface area contributed by atoms with E-state index in [-0.39, 0.29) is 5.75 Å². The van der Waals surface area contributed by atoms with Crippen molar-refractivity contribution in [1.29, 1.82) is 0 Å². The molecule has 0 bridgehead atoms. The van der Waals surface area contributed by atoms with Crippen LogP contribution in [0, 0.1) is 19.8 Å². The first kappa shape index (κ1) is 13.4. The van der Waals surface area contributed by atoms with Gasteiger partial charge in [0.25, 0.3) is 0 Å². The van der Waals surface area contributed by atoms with Gasteiger partial charge in [0.2, 0.25) is 0 Å². The van der Waals surface area contributed by atoms with Crippen molar-refractivity contribution in [3.05, 3.63) is 23.3 Å². The molecule has 3 heteroatoms. The van der Waals surface area contributed by atoms with Crippen molar-refractivity contribution >= 4 is 21.6 Å². The van der Waals surface area contributed by atoms with Gasteiger partial charge in [-0.25, -0.2) is 0 Å². The molecule has 0 aliphatic carbocycles. The summed E-state index contributed by atoms with van der Waals surface area (Å²) >= 11 is 3.60. The van der Waals surface area contributed by atoms with Gasteiger partial charge in [0.1, 0.15) is 0 Å². The van der Waals surface area contributed by atoms with Crippen LogP contribution in [0.3, 0.4) is 0 Å². The molecule has 16 heavy (non-hydrogen) atoms. The molecule has 0 unspecified atom stereocenters. The number of halogens is 1. The molecule has 0 heterocycles. The van der Waals surface area contributed by atoms with E-state index in [1.54, 1.807) is 0 Å². The van der Waals surface area contributed by atoms with E-state index in [1.807, 2.05) is 26.0 Å². The van der Waals surface area contributed by atoms with Gasteiger partial charge in [-0.3, -0.25) is 0 Å². The Labute approximate surface area is 106 Å². The molecule has 0 radical (unpaired) electrons. The normalized spacial score (nSPS) is 12.9.